The van der Waals surface area contributed by atoms with E-state index in [0.29, 0.717) is 18.4 Å². The lowest BCUT2D eigenvalue weighted by atomic mass is 9.86. The number of carbonyl (C=O) groups is 1. The number of methoxy groups -OCH3 is 1. The predicted molar refractivity (Wildman–Crippen MR) is 88.7 cm³/mol. The zero-order valence-electron chi connectivity index (χ0n) is 14.3. The zero-order valence-corrected chi connectivity index (χ0v) is 14.3. The molecule has 2 heterocycles. The van der Waals surface area contributed by atoms with E-state index in [1.165, 1.54) is 26.3 Å². The van der Waals surface area contributed by atoms with E-state index in [1.54, 1.807) is 6.07 Å². The van der Waals surface area contributed by atoms with Gasteiger partial charge in [-0.3, -0.25) is 4.79 Å². The first-order valence-corrected chi connectivity index (χ1v) is 8.17. The largest absolute Gasteiger partial charge is 0.494 e. The number of nitriles is 1. The normalized spacial score (nSPS) is 17.0. The Kier molecular flexibility index (Phi) is 3.48. The number of hydrogen-bond acceptors (Lipinski definition) is 4. The number of hydrogen-bond donors (Lipinski definition) is 0. The molecule has 1 aliphatic carbocycles. The van der Waals surface area contributed by atoms with E-state index < -0.39 is 22.7 Å². The van der Waals surface area contributed by atoms with Crippen molar-refractivity contribution in [3.63, 3.8) is 0 Å². The smallest absolute Gasteiger partial charge is 0.238 e. The average Bonchev–Trinajstić information content (AvgIpc) is 3.44. The predicted octanol–water partition coefficient (Wildman–Crippen LogP) is 3.13. The van der Waals surface area contributed by atoms with E-state index in [0.717, 1.165) is 10.5 Å². The molecule has 1 saturated carbocycles. The molecule has 26 heavy (non-hydrogen) atoms. The van der Waals surface area contributed by atoms with Crippen molar-refractivity contribution in [3.05, 3.63) is 52.3 Å². The molecule has 0 radical (unpaired) electrons. The second-order valence-corrected chi connectivity index (χ2v) is 6.68. The van der Waals surface area contributed by atoms with E-state index in [1.807, 2.05) is 6.07 Å². The van der Waals surface area contributed by atoms with Crippen LogP contribution in [-0.4, -0.2) is 18.0 Å². The first-order valence-electron chi connectivity index (χ1n) is 8.17. The summed E-state index contributed by atoms with van der Waals surface area (Å²) < 4.78 is 34.6. The van der Waals surface area contributed by atoms with Gasteiger partial charge in [-0.15, -0.1) is 0 Å². The van der Waals surface area contributed by atoms with Crippen molar-refractivity contribution in [2.45, 2.75) is 31.7 Å². The zero-order chi connectivity index (χ0) is 18.6. The molecule has 5 nitrogen and oxygen atoms in total. The number of fused-ring (bicyclic) bond motifs is 2. The van der Waals surface area contributed by atoms with Crippen LogP contribution in [0.4, 0.5) is 14.5 Å². The molecule has 1 aliphatic heterocycles. The highest BCUT2D eigenvalue weighted by atomic mass is 19.1. The molecule has 2 aromatic rings. The van der Waals surface area contributed by atoms with Crippen LogP contribution in [0.2, 0.25) is 0 Å². The summed E-state index contributed by atoms with van der Waals surface area (Å²) in [6, 6.07) is 4.85. The average molecular weight is 355 g/mol. The van der Waals surface area contributed by atoms with Gasteiger partial charge in [0.2, 0.25) is 5.91 Å². The number of ether oxygens (including phenoxy) is 1. The number of nitrogens with zero attached hydrogens (tertiary/aromatic N) is 3. The minimum Gasteiger partial charge on any atom is -0.494 e. The lowest BCUT2D eigenvalue weighted by Crippen LogP contribution is -2.45. The second-order valence-electron chi connectivity index (χ2n) is 6.68. The standard InChI is InChI=1S/C19H15F2N3O2/c1-10-5-14(26-2)16(21)17(15(10)20)24-9-11-8-23-12(7-22)6-13(11)19(3-4-19)18(24)25/h5-6,8H,3-4,9H2,1-2H3. The van der Waals surface area contributed by atoms with Crippen molar-refractivity contribution >= 4 is 11.6 Å². The van der Waals surface area contributed by atoms with Crippen LogP contribution in [0.25, 0.3) is 0 Å². The summed E-state index contributed by atoms with van der Waals surface area (Å²) in [6.45, 7) is 1.49. The summed E-state index contributed by atoms with van der Waals surface area (Å²) in [7, 11) is 1.29. The third kappa shape index (κ3) is 2.11. The van der Waals surface area contributed by atoms with Gasteiger partial charge in [-0.2, -0.15) is 5.26 Å². The molecule has 4 rings (SSSR count). The van der Waals surface area contributed by atoms with Crippen molar-refractivity contribution < 1.29 is 18.3 Å². The van der Waals surface area contributed by atoms with Gasteiger partial charge in [0, 0.05) is 6.20 Å². The van der Waals surface area contributed by atoms with Crippen molar-refractivity contribution in [1.82, 2.24) is 4.98 Å². The van der Waals surface area contributed by atoms with Crippen LogP contribution in [0.3, 0.4) is 0 Å². The maximum Gasteiger partial charge on any atom is 0.238 e. The fraction of sp³-hybridized carbons (Fsp3) is 0.316. The number of carbonyl (C=O) groups excluding carboxylic acids is 1. The highest BCUT2D eigenvalue weighted by Gasteiger charge is 2.57. The number of benzene rings is 1. The number of aromatic nitrogens is 1. The van der Waals surface area contributed by atoms with Crippen LogP contribution in [-0.2, 0) is 16.8 Å². The molecule has 0 bridgehead atoms. The summed E-state index contributed by atoms with van der Waals surface area (Å²) in [5.41, 5.74) is 0.641. The van der Waals surface area contributed by atoms with Gasteiger partial charge in [0.05, 0.1) is 19.1 Å². The van der Waals surface area contributed by atoms with Crippen LogP contribution in [0, 0.1) is 29.9 Å². The Labute approximate surface area is 148 Å². The maximum absolute atomic E-state index is 14.8. The van der Waals surface area contributed by atoms with Gasteiger partial charge >= 0.3 is 0 Å². The van der Waals surface area contributed by atoms with E-state index in [2.05, 4.69) is 4.98 Å². The van der Waals surface area contributed by atoms with E-state index >= 15 is 0 Å². The molecule has 2 aliphatic rings. The lowest BCUT2D eigenvalue weighted by Gasteiger charge is -2.35. The molecule has 0 unspecified atom stereocenters. The highest BCUT2D eigenvalue weighted by Crippen LogP contribution is 2.54. The molecule has 1 aromatic heterocycles. The van der Waals surface area contributed by atoms with Gasteiger partial charge in [-0.05, 0) is 48.6 Å². The third-order valence-electron chi connectivity index (χ3n) is 5.17. The Morgan fingerprint density at radius 3 is 2.65 bits per heavy atom. The molecule has 1 spiro atoms. The Balaban J connectivity index is 1.90. The van der Waals surface area contributed by atoms with Crippen molar-refractivity contribution in [2.24, 2.45) is 0 Å². The van der Waals surface area contributed by atoms with E-state index in [-0.39, 0.29) is 29.5 Å². The molecule has 0 N–H and O–H groups in total. The van der Waals surface area contributed by atoms with Gasteiger partial charge in [-0.25, -0.2) is 13.8 Å². The summed E-state index contributed by atoms with van der Waals surface area (Å²) in [5, 5.41) is 9.07. The van der Waals surface area contributed by atoms with Gasteiger partial charge in [0.15, 0.2) is 17.4 Å². The van der Waals surface area contributed by atoms with Crippen LogP contribution >= 0.6 is 0 Å². The molecular formula is C19H15F2N3O2. The van der Waals surface area contributed by atoms with Crippen LogP contribution in [0.1, 0.15) is 35.2 Å². The number of halogens is 2. The lowest BCUT2D eigenvalue weighted by molar-refractivity contribution is -0.121. The molecule has 0 atom stereocenters. The van der Waals surface area contributed by atoms with Crippen molar-refractivity contribution in [3.8, 4) is 11.8 Å². The molecule has 1 aromatic carbocycles. The summed E-state index contributed by atoms with van der Waals surface area (Å²) >= 11 is 0. The Bertz CT molecular complexity index is 993. The van der Waals surface area contributed by atoms with Gasteiger partial charge in [-0.1, -0.05) is 0 Å². The van der Waals surface area contributed by atoms with E-state index in [9.17, 15) is 13.6 Å². The number of rotatable bonds is 2. The number of amides is 1. The monoisotopic (exact) mass is 355 g/mol. The Hall–Kier alpha value is -3.01. The summed E-state index contributed by atoms with van der Waals surface area (Å²) in [6.07, 6.45) is 2.67. The number of anilines is 1. The van der Waals surface area contributed by atoms with Crippen LogP contribution in [0.15, 0.2) is 18.3 Å². The molecule has 132 valence electrons. The Morgan fingerprint density at radius 2 is 2.04 bits per heavy atom. The summed E-state index contributed by atoms with van der Waals surface area (Å²) in [5.74, 6) is -2.15. The fourth-order valence-electron chi connectivity index (χ4n) is 3.63. The van der Waals surface area contributed by atoms with E-state index in [4.69, 9.17) is 10.00 Å². The van der Waals surface area contributed by atoms with Gasteiger partial charge in [0.1, 0.15) is 17.5 Å². The maximum atomic E-state index is 14.8. The van der Waals surface area contributed by atoms with Crippen LogP contribution < -0.4 is 9.64 Å². The van der Waals surface area contributed by atoms with Gasteiger partial charge in [0.25, 0.3) is 0 Å². The van der Waals surface area contributed by atoms with Crippen LogP contribution in [0.5, 0.6) is 5.75 Å². The quantitative estimate of drug-likeness (QED) is 0.830. The SMILES string of the molecule is COc1cc(C)c(F)c(N2Cc3cnc(C#N)cc3C3(CC3)C2=O)c1F. The first-order chi connectivity index (χ1) is 12.4. The van der Waals surface area contributed by atoms with Crippen molar-refractivity contribution in [2.75, 3.05) is 12.0 Å². The summed E-state index contributed by atoms with van der Waals surface area (Å²) in [4.78, 5) is 18.3. The highest BCUT2D eigenvalue weighted by molar-refractivity contribution is 6.05. The van der Waals surface area contributed by atoms with Gasteiger partial charge < -0.3 is 9.64 Å². The number of aryl methyl sites for hydroxylation is 1. The number of pyridine rings is 1. The van der Waals surface area contributed by atoms with Crippen molar-refractivity contribution in [1.29, 1.82) is 5.26 Å². The molecular weight excluding hydrogens is 340 g/mol. The molecule has 0 saturated heterocycles. The molecule has 7 heteroatoms. The minimum absolute atomic E-state index is 0.00489. The molecule has 1 fully saturated rings. The Morgan fingerprint density at radius 1 is 1.31 bits per heavy atom. The third-order valence-corrected chi connectivity index (χ3v) is 5.17. The minimum atomic E-state index is -0.898. The fourth-order valence-corrected chi connectivity index (χ4v) is 3.63. The molecule has 1 amide bonds. The first kappa shape index (κ1) is 16.5. The second kappa shape index (κ2) is 5.49. The topological polar surface area (TPSA) is 66.2 Å².